The molecule has 1 atom stereocenters. The molecule has 1 amide bonds. The van der Waals surface area contributed by atoms with E-state index in [1.165, 1.54) is 13.8 Å². The summed E-state index contributed by atoms with van der Waals surface area (Å²) in [5.41, 5.74) is -0.617. The number of carbonyl (C=O) groups is 3. The molecule has 0 saturated carbocycles. The third kappa shape index (κ3) is 6.46. The first-order chi connectivity index (χ1) is 10.4. The second-order valence-corrected chi connectivity index (χ2v) is 7.16. The molecule has 1 saturated heterocycles. The van der Waals surface area contributed by atoms with E-state index in [0.717, 1.165) is 6.42 Å². The molecule has 1 aliphatic heterocycles. The summed E-state index contributed by atoms with van der Waals surface area (Å²) in [6, 6.07) is -0.374. The van der Waals surface area contributed by atoms with Crippen LogP contribution in [0.4, 0.5) is 4.79 Å². The van der Waals surface area contributed by atoms with Crippen LogP contribution in [0.25, 0.3) is 0 Å². The summed E-state index contributed by atoms with van der Waals surface area (Å²) in [4.78, 5) is 35.9. The van der Waals surface area contributed by atoms with Crippen molar-refractivity contribution < 1.29 is 28.6 Å². The van der Waals surface area contributed by atoms with Crippen LogP contribution in [0.15, 0.2) is 0 Å². The van der Waals surface area contributed by atoms with Gasteiger partial charge in [-0.25, -0.2) is 4.79 Å². The van der Waals surface area contributed by atoms with Gasteiger partial charge in [-0.05, 0) is 33.6 Å². The van der Waals surface area contributed by atoms with Crippen molar-refractivity contribution >= 4 is 18.0 Å². The fourth-order valence-electron chi connectivity index (χ4n) is 2.29. The van der Waals surface area contributed by atoms with Crippen molar-refractivity contribution in [2.75, 3.05) is 0 Å². The van der Waals surface area contributed by atoms with E-state index in [9.17, 15) is 14.4 Å². The first kappa shape index (κ1) is 19.3. The van der Waals surface area contributed by atoms with Crippen LogP contribution < -0.4 is 5.32 Å². The fourth-order valence-corrected chi connectivity index (χ4v) is 2.29. The molecular formula is C16H27NO6. The molecular weight excluding hydrogens is 302 g/mol. The number of carbonyl (C=O) groups excluding carboxylic acids is 3. The van der Waals surface area contributed by atoms with Crippen LogP contribution in [0.2, 0.25) is 0 Å². The van der Waals surface area contributed by atoms with E-state index in [4.69, 9.17) is 14.2 Å². The van der Waals surface area contributed by atoms with Gasteiger partial charge in [-0.1, -0.05) is 13.3 Å². The maximum absolute atomic E-state index is 12.0. The predicted octanol–water partition coefficient (Wildman–Crippen LogP) is 2.52. The summed E-state index contributed by atoms with van der Waals surface area (Å²) < 4.78 is 15.4. The maximum Gasteiger partial charge on any atom is 0.407 e. The Morgan fingerprint density at radius 2 is 1.78 bits per heavy atom. The van der Waals surface area contributed by atoms with E-state index in [1.807, 2.05) is 6.92 Å². The smallest absolute Gasteiger partial charge is 0.407 e. The minimum absolute atomic E-state index is 0.126. The molecule has 0 aromatic rings. The third-order valence-electron chi connectivity index (χ3n) is 3.14. The summed E-state index contributed by atoms with van der Waals surface area (Å²) in [7, 11) is 0. The zero-order valence-electron chi connectivity index (χ0n) is 14.7. The summed E-state index contributed by atoms with van der Waals surface area (Å²) in [6.07, 6.45) is 0.942. The van der Waals surface area contributed by atoms with Crippen LogP contribution >= 0.6 is 0 Å². The lowest BCUT2D eigenvalue weighted by Crippen LogP contribution is -2.49. The number of hydrogen-bond acceptors (Lipinski definition) is 6. The zero-order chi connectivity index (χ0) is 17.8. The molecule has 1 aliphatic rings. The fraction of sp³-hybridized carbons (Fsp3) is 0.812. The van der Waals surface area contributed by atoms with Crippen molar-refractivity contribution in [3.8, 4) is 0 Å². The average Bonchev–Trinajstić information content (AvgIpc) is 2.30. The van der Waals surface area contributed by atoms with Crippen LogP contribution in [0.3, 0.4) is 0 Å². The molecule has 0 aromatic heterocycles. The van der Waals surface area contributed by atoms with Crippen LogP contribution in [0, 0.1) is 5.92 Å². The predicted molar refractivity (Wildman–Crippen MR) is 82.4 cm³/mol. The van der Waals surface area contributed by atoms with Gasteiger partial charge in [-0.15, -0.1) is 0 Å². The summed E-state index contributed by atoms with van der Waals surface area (Å²) in [5.74, 6) is -3.53. The molecule has 132 valence electrons. The summed E-state index contributed by atoms with van der Waals surface area (Å²) in [6.45, 7) is 10.2. The van der Waals surface area contributed by atoms with Gasteiger partial charge in [0.1, 0.15) is 5.60 Å². The number of ether oxygens (including phenoxy) is 3. The third-order valence-corrected chi connectivity index (χ3v) is 3.14. The van der Waals surface area contributed by atoms with Gasteiger partial charge in [-0.3, -0.25) is 9.59 Å². The lowest BCUT2D eigenvalue weighted by Gasteiger charge is -2.34. The highest BCUT2D eigenvalue weighted by atomic mass is 16.7. The van der Waals surface area contributed by atoms with Gasteiger partial charge in [0.25, 0.3) is 5.79 Å². The molecule has 7 nitrogen and oxygen atoms in total. The molecule has 0 radical (unpaired) electrons. The van der Waals surface area contributed by atoms with Crippen LogP contribution in [-0.2, 0) is 23.8 Å². The van der Waals surface area contributed by atoms with Gasteiger partial charge in [0.05, 0.1) is 0 Å². The van der Waals surface area contributed by atoms with Crippen molar-refractivity contribution in [2.24, 2.45) is 5.92 Å². The van der Waals surface area contributed by atoms with Gasteiger partial charge in [0, 0.05) is 19.9 Å². The Morgan fingerprint density at radius 1 is 1.26 bits per heavy atom. The van der Waals surface area contributed by atoms with Crippen LogP contribution in [0.1, 0.15) is 60.8 Å². The highest BCUT2D eigenvalue weighted by Gasteiger charge is 2.44. The number of amides is 1. The van der Waals surface area contributed by atoms with Gasteiger partial charge >= 0.3 is 18.0 Å². The molecule has 1 rings (SSSR count). The van der Waals surface area contributed by atoms with Gasteiger partial charge in [-0.2, -0.15) is 0 Å². The van der Waals surface area contributed by atoms with Crippen molar-refractivity contribution in [1.29, 1.82) is 0 Å². The molecule has 0 aromatic carbocycles. The monoisotopic (exact) mass is 329 g/mol. The molecule has 0 aliphatic carbocycles. The van der Waals surface area contributed by atoms with Crippen molar-refractivity contribution in [3.05, 3.63) is 0 Å². The zero-order valence-corrected chi connectivity index (χ0v) is 14.7. The highest BCUT2D eigenvalue weighted by Crippen LogP contribution is 2.26. The van der Waals surface area contributed by atoms with E-state index >= 15 is 0 Å². The molecule has 0 spiro atoms. The topological polar surface area (TPSA) is 90.9 Å². The first-order valence-electron chi connectivity index (χ1n) is 7.88. The second-order valence-electron chi connectivity index (χ2n) is 7.16. The summed E-state index contributed by atoms with van der Waals surface area (Å²) in [5, 5.41) is 2.71. The molecule has 1 heterocycles. The molecule has 7 heteroatoms. The van der Waals surface area contributed by atoms with Crippen molar-refractivity contribution in [3.63, 3.8) is 0 Å². The maximum atomic E-state index is 12.0. The van der Waals surface area contributed by atoms with Gasteiger partial charge in [0.2, 0.25) is 0 Å². The molecule has 0 bridgehead atoms. The highest BCUT2D eigenvalue weighted by molar-refractivity contribution is 5.96. The van der Waals surface area contributed by atoms with E-state index in [2.05, 4.69) is 5.32 Å². The normalized spacial score (nSPS) is 19.6. The summed E-state index contributed by atoms with van der Waals surface area (Å²) >= 11 is 0. The van der Waals surface area contributed by atoms with Gasteiger partial charge < -0.3 is 19.5 Å². The Labute approximate surface area is 137 Å². The number of nitrogens with one attached hydrogen (secondary N) is 1. The first-order valence-corrected chi connectivity index (χ1v) is 7.88. The molecule has 23 heavy (non-hydrogen) atoms. The number of hydrogen-bond donors (Lipinski definition) is 1. The number of alkyl carbamates (subject to hydrolysis) is 1. The van der Waals surface area contributed by atoms with Crippen molar-refractivity contribution in [2.45, 2.75) is 78.2 Å². The SMILES string of the molecule is CCCC(CC1C(=O)OC(C)(C)OC1=O)NC(=O)OC(C)(C)C. The van der Waals surface area contributed by atoms with Crippen molar-refractivity contribution in [1.82, 2.24) is 5.32 Å². The Morgan fingerprint density at radius 3 is 2.22 bits per heavy atom. The van der Waals surface area contributed by atoms with E-state index in [1.54, 1.807) is 20.8 Å². The van der Waals surface area contributed by atoms with E-state index in [-0.39, 0.29) is 12.5 Å². The van der Waals surface area contributed by atoms with Gasteiger partial charge in [0.15, 0.2) is 5.92 Å². The Bertz CT molecular complexity index is 446. The second kappa shape index (κ2) is 7.19. The van der Waals surface area contributed by atoms with Crippen LogP contribution in [0.5, 0.6) is 0 Å². The Balaban J connectivity index is 2.70. The largest absolute Gasteiger partial charge is 0.444 e. The molecule has 1 fully saturated rings. The average molecular weight is 329 g/mol. The standard InChI is InChI=1S/C16H27NO6/c1-7-8-10(17-14(20)23-15(2,3)4)9-11-12(18)21-16(5,6)22-13(11)19/h10-11H,7-9H2,1-6H3,(H,17,20). The van der Waals surface area contributed by atoms with E-state index in [0.29, 0.717) is 6.42 Å². The minimum Gasteiger partial charge on any atom is -0.444 e. The number of rotatable bonds is 5. The Hall–Kier alpha value is -1.79. The van der Waals surface area contributed by atoms with E-state index < -0.39 is 35.3 Å². The minimum atomic E-state index is -1.25. The number of esters is 2. The quantitative estimate of drug-likeness (QED) is 0.615. The molecule has 1 unspecified atom stereocenters. The number of cyclic esters (lactones) is 2. The lowest BCUT2D eigenvalue weighted by atomic mass is 9.96. The Kier molecular flexibility index (Phi) is 6.02. The van der Waals surface area contributed by atoms with Crippen LogP contribution in [-0.4, -0.2) is 35.5 Å². The lowest BCUT2D eigenvalue weighted by molar-refractivity contribution is -0.240. The molecule has 1 N–H and O–H groups in total.